The average molecular weight is 239 g/mol. The smallest absolute Gasteiger partial charge is 0.172 e. The summed E-state index contributed by atoms with van der Waals surface area (Å²) in [6.07, 6.45) is 1.13. The van der Waals surface area contributed by atoms with Gasteiger partial charge in [0, 0.05) is 12.1 Å². The van der Waals surface area contributed by atoms with Crippen LogP contribution in [0, 0.1) is 17.5 Å². The molecule has 6 heteroatoms. The summed E-state index contributed by atoms with van der Waals surface area (Å²) in [4.78, 5) is 7.34. The largest absolute Gasteiger partial charge is 0.325 e. The molecule has 0 bridgehead atoms. The highest BCUT2D eigenvalue weighted by atomic mass is 19.2. The highest BCUT2D eigenvalue weighted by molar-refractivity contribution is 5.60. The van der Waals surface area contributed by atoms with E-state index in [9.17, 15) is 13.2 Å². The standard InChI is InChI=1S/C11H8F3N3/c12-7-2-1-6(3-8(7)13)11-10(14)9(4-15)16-5-17-11/h1-3,5H,4,15H2. The third-order valence-corrected chi connectivity index (χ3v) is 2.25. The van der Waals surface area contributed by atoms with Crippen molar-refractivity contribution in [1.82, 2.24) is 9.97 Å². The Bertz CT molecular complexity index is 558. The average Bonchev–Trinajstić information content (AvgIpc) is 2.33. The zero-order valence-electron chi connectivity index (χ0n) is 8.62. The van der Waals surface area contributed by atoms with E-state index in [1.165, 1.54) is 6.07 Å². The van der Waals surface area contributed by atoms with E-state index in [1.54, 1.807) is 0 Å². The van der Waals surface area contributed by atoms with Crippen LogP contribution in [0.2, 0.25) is 0 Å². The molecule has 0 aliphatic heterocycles. The number of rotatable bonds is 2. The van der Waals surface area contributed by atoms with E-state index in [2.05, 4.69) is 9.97 Å². The Morgan fingerprint density at radius 3 is 2.47 bits per heavy atom. The second-order valence-electron chi connectivity index (χ2n) is 3.32. The van der Waals surface area contributed by atoms with Crippen LogP contribution in [0.3, 0.4) is 0 Å². The van der Waals surface area contributed by atoms with Crippen LogP contribution in [0.15, 0.2) is 24.5 Å². The van der Waals surface area contributed by atoms with Crippen LogP contribution in [0.1, 0.15) is 5.69 Å². The number of halogens is 3. The molecule has 17 heavy (non-hydrogen) atoms. The van der Waals surface area contributed by atoms with Crippen LogP contribution < -0.4 is 5.73 Å². The van der Waals surface area contributed by atoms with Gasteiger partial charge < -0.3 is 5.73 Å². The highest BCUT2D eigenvalue weighted by Crippen LogP contribution is 2.23. The summed E-state index contributed by atoms with van der Waals surface area (Å²) in [5.41, 5.74) is 5.35. The van der Waals surface area contributed by atoms with Crippen LogP contribution in [-0.4, -0.2) is 9.97 Å². The molecule has 1 aromatic heterocycles. The first-order chi connectivity index (χ1) is 8.13. The molecule has 0 aliphatic carbocycles. The summed E-state index contributed by atoms with van der Waals surface area (Å²) < 4.78 is 39.5. The Morgan fingerprint density at radius 1 is 1.06 bits per heavy atom. The topological polar surface area (TPSA) is 51.8 Å². The highest BCUT2D eigenvalue weighted by Gasteiger charge is 2.13. The predicted molar refractivity (Wildman–Crippen MR) is 55.2 cm³/mol. The predicted octanol–water partition coefficient (Wildman–Crippen LogP) is 2.02. The first-order valence-corrected chi connectivity index (χ1v) is 4.78. The third-order valence-electron chi connectivity index (χ3n) is 2.25. The number of nitrogens with two attached hydrogens (primary N) is 1. The maximum Gasteiger partial charge on any atom is 0.172 e. The van der Waals surface area contributed by atoms with Crippen LogP contribution in [-0.2, 0) is 6.54 Å². The van der Waals surface area contributed by atoms with Gasteiger partial charge in [-0.15, -0.1) is 0 Å². The lowest BCUT2D eigenvalue weighted by Crippen LogP contribution is -2.05. The molecule has 0 radical (unpaired) electrons. The van der Waals surface area contributed by atoms with Gasteiger partial charge in [0.15, 0.2) is 17.5 Å². The molecule has 2 rings (SSSR count). The van der Waals surface area contributed by atoms with Crippen LogP contribution in [0.25, 0.3) is 11.3 Å². The lowest BCUT2D eigenvalue weighted by atomic mass is 10.1. The van der Waals surface area contributed by atoms with Gasteiger partial charge in [0.2, 0.25) is 0 Å². The maximum absolute atomic E-state index is 13.8. The van der Waals surface area contributed by atoms with Crippen molar-refractivity contribution in [2.24, 2.45) is 5.73 Å². The van der Waals surface area contributed by atoms with Crippen molar-refractivity contribution in [3.05, 3.63) is 47.7 Å². The van der Waals surface area contributed by atoms with Gasteiger partial charge in [0.05, 0.1) is 5.69 Å². The number of hydrogen-bond donors (Lipinski definition) is 1. The molecule has 1 aromatic carbocycles. The molecule has 0 atom stereocenters. The van der Waals surface area contributed by atoms with Crippen molar-refractivity contribution < 1.29 is 13.2 Å². The van der Waals surface area contributed by atoms with Gasteiger partial charge in [-0.05, 0) is 18.2 Å². The van der Waals surface area contributed by atoms with Gasteiger partial charge in [-0.3, -0.25) is 0 Å². The Kier molecular flexibility index (Phi) is 3.06. The number of hydrogen-bond acceptors (Lipinski definition) is 3. The summed E-state index contributed by atoms with van der Waals surface area (Å²) in [6, 6.07) is 3.03. The molecule has 0 saturated carbocycles. The summed E-state index contributed by atoms with van der Waals surface area (Å²) in [5, 5.41) is 0. The van der Waals surface area contributed by atoms with E-state index < -0.39 is 17.5 Å². The number of aromatic nitrogens is 2. The van der Waals surface area contributed by atoms with Gasteiger partial charge >= 0.3 is 0 Å². The molecule has 0 amide bonds. The van der Waals surface area contributed by atoms with E-state index >= 15 is 0 Å². The van der Waals surface area contributed by atoms with Crippen LogP contribution >= 0.6 is 0 Å². The van der Waals surface area contributed by atoms with Gasteiger partial charge in [-0.25, -0.2) is 23.1 Å². The van der Waals surface area contributed by atoms with Gasteiger partial charge in [0.1, 0.15) is 12.0 Å². The fourth-order valence-electron chi connectivity index (χ4n) is 1.39. The van der Waals surface area contributed by atoms with Crippen LogP contribution in [0.4, 0.5) is 13.2 Å². The quantitative estimate of drug-likeness (QED) is 0.872. The number of nitrogens with zero attached hydrogens (tertiary/aromatic N) is 2. The molecule has 0 aliphatic rings. The summed E-state index contributed by atoms with van der Waals surface area (Å²) in [7, 11) is 0. The van der Waals surface area contributed by atoms with Crippen molar-refractivity contribution in [2.45, 2.75) is 6.54 Å². The summed E-state index contributed by atoms with van der Waals surface area (Å²) in [6.45, 7) is -0.0922. The van der Waals surface area contributed by atoms with Crippen molar-refractivity contribution in [3.8, 4) is 11.3 Å². The van der Waals surface area contributed by atoms with Crippen molar-refractivity contribution in [2.75, 3.05) is 0 Å². The van der Waals surface area contributed by atoms with E-state index in [0.29, 0.717) is 0 Å². The lowest BCUT2D eigenvalue weighted by molar-refractivity contribution is 0.509. The fourth-order valence-corrected chi connectivity index (χ4v) is 1.39. The van der Waals surface area contributed by atoms with Crippen molar-refractivity contribution >= 4 is 0 Å². The first-order valence-electron chi connectivity index (χ1n) is 4.78. The molecule has 3 nitrogen and oxygen atoms in total. The molecule has 0 spiro atoms. The normalized spacial score (nSPS) is 10.6. The SMILES string of the molecule is NCc1ncnc(-c2ccc(F)c(F)c2)c1F. The van der Waals surface area contributed by atoms with Crippen molar-refractivity contribution in [1.29, 1.82) is 0 Å². The Hall–Kier alpha value is -1.95. The second-order valence-corrected chi connectivity index (χ2v) is 3.32. The Labute approximate surface area is 95.1 Å². The fraction of sp³-hybridized carbons (Fsp3) is 0.0909. The monoisotopic (exact) mass is 239 g/mol. The van der Waals surface area contributed by atoms with Gasteiger partial charge in [0.25, 0.3) is 0 Å². The van der Waals surface area contributed by atoms with Crippen molar-refractivity contribution in [3.63, 3.8) is 0 Å². The molecule has 2 N–H and O–H groups in total. The summed E-state index contributed by atoms with van der Waals surface area (Å²) in [5.74, 6) is -2.78. The maximum atomic E-state index is 13.8. The second kappa shape index (κ2) is 4.50. The Balaban J connectivity index is 2.56. The first kappa shape index (κ1) is 11.5. The van der Waals surface area contributed by atoms with Crippen LogP contribution in [0.5, 0.6) is 0 Å². The summed E-state index contributed by atoms with van der Waals surface area (Å²) >= 11 is 0. The van der Waals surface area contributed by atoms with Gasteiger partial charge in [-0.1, -0.05) is 0 Å². The van der Waals surface area contributed by atoms with E-state index in [4.69, 9.17) is 5.73 Å². The zero-order valence-corrected chi connectivity index (χ0v) is 8.62. The third kappa shape index (κ3) is 2.12. The van der Waals surface area contributed by atoms with E-state index in [1.807, 2.05) is 0 Å². The molecule has 0 unspecified atom stereocenters. The van der Waals surface area contributed by atoms with E-state index in [-0.39, 0.29) is 23.5 Å². The molecule has 0 saturated heterocycles. The minimum atomic E-state index is -1.06. The molecule has 1 heterocycles. The zero-order chi connectivity index (χ0) is 12.4. The molecular weight excluding hydrogens is 231 g/mol. The molecule has 0 fully saturated rings. The van der Waals surface area contributed by atoms with E-state index in [0.717, 1.165) is 18.5 Å². The molecule has 88 valence electrons. The molecular formula is C11H8F3N3. The minimum Gasteiger partial charge on any atom is -0.325 e. The Morgan fingerprint density at radius 2 is 1.82 bits per heavy atom. The molecule has 2 aromatic rings. The lowest BCUT2D eigenvalue weighted by Gasteiger charge is -2.05. The number of benzene rings is 1. The van der Waals surface area contributed by atoms with Gasteiger partial charge in [-0.2, -0.15) is 0 Å². The minimum absolute atomic E-state index is 0.0275.